The van der Waals surface area contributed by atoms with Crippen LogP contribution in [0.3, 0.4) is 0 Å². The normalized spacial score (nSPS) is 27.4. The summed E-state index contributed by atoms with van der Waals surface area (Å²) < 4.78 is 0. The number of benzene rings is 2. The highest BCUT2D eigenvalue weighted by atomic mass is 32.1. The molecule has 0 radical (unpaired) electrons. The van der Waals surface area contributed by atoms with Crippen molar-refractivity contribution in [3.63, 3.8) is 0 Å². The fourth-order valence-corrected chi connectivity index (χ4v) is 6.58. The highest BCUT2D eigenvalue weighted by Crippen LogP contribution is 2.57. The minimum atomic E-state index is 0.250. The van der Waals surface area contributed by atoms with Gasteiger partial charge in [0.15, 0.2) is 5.11 Å². The molecular weight excluding hydrogens is 396 g/mol. The van der Waals surface area contributed by atoms with Crippen LogP contribution in [0.5, 0.6) is 0 Å². The summed E-state index contributed by atoms with van der Waals surface area (Å²) in [7, 11) is 0. The Morgan fingerprint density at radius 3 is 2.68 bits per heavy atom. The first-order valence-corrected chi connectivity index (χ1v) is 12.4. The van der Waals surface area contributed by atoms with Crippen molar-refractivity contribution in [2.75, 3.05) is 11.9 Å². The van der Waals surface area contributed by atoms with Gasteiger partial charge in [-0.1, -0.05) is 64.4 Å². The molecule has 166 valence electrons. The first kappa shape index (κ1) is 22.3. The minimum Gasteiger partial charge on any atom is -0.362 e. The number of thiocarbonyl (C=S) groups is 1. The van der Waals surface area contributed by atoms with Crippen molar-refractivity contribution < 1.29 is 0 Å². The molecule has 0 spiro atoms. The third-order valence-corrected chi connectivity index (χ3v) is 8.34. The second-order valence-corrected chi connectivity index (χ2v) is 11.2. The molecule has 0 amide bonds. The Labute approximate surface area is 194 Å². The molecule has 0 saturated heterocycles. The van der Waals surface area contributed by atoms with Gasteiger partial charge in [-0.2, -0.15) is 0 Å². The van der Waals surface area contributed by atoms with E-state index in [4.69, 9.17) is 12.2 Å². The van der Waals surface area contributed by atoms with Crippen LogP contribution >= 0.6 is 12.2 Å². The first-order chi connectivity index (χ1) is 14.7. The van der Waals surface area contributed by atoms with E-state index in [1.54, 1.807) is 11.1 Å². The highest BCUT2D eigenvalue weighted by Gasteiger charge is 2.51. The van der Waals surface area contributed by atoms with Crippen LogP contribution in [0.1, 0.15) is 81.5 Å². The molecule has 2 aromatic carbocycles. The smallest absolute Gasteiger partial charge is 0.170 e. The lowest BCUT2D eigenvalue weighted by molar-refractivity contribution is 0.0294. The van der Waals surface area contributed by atoms with Crippen molar-refractivity contribution in [2.24, 2.45) is 11.3 Å². The summed E-state index contributed by atoms with van der Waals surface area (Å²) in [6, 6.07) is 15.7. The fraction of sp³-hybridized carbons (Fsp3) is 0.536. The quantitative estimate of drug-likeness (QED) is 0.501. The van der Waals surface area contributed by atoms with Crippen molar-refractivity contribution in [1.82, 2.24) is 5.32 Å². The summed E-state index contributed by atoms with van der Waals surface area (Å²) in [6.45, 7) is 12.7. The van der Waals surface area contributed by atoms with E-state index in [2.05, 4.69) is 87.7 Å². The molecule has 2 aliphatic carbocycles. The zero-order chi connectivity index (χ0) is 22.2. The molecule has 2 N–H and O–H groups in total. The predicted molar refractivity (Wildman–Crippen MR) is 137 cm³/mol. The third kappa shape index (κ3) is 4.39. The Morgan fingerprint density at radius 2 is 1.94 bits per heavy atom. The number of nitrogens with one attached hydrogen (secondary N) is 2. The predicted octanol–water partition coefficient (Wildman–Crippen LogP) is 7.12. The molecule has 1 fully saturated rings. The van der Waals surface area contributed by atoms with E-state index in [0.29, 0.717) is 11.8 Å². The molecule has 0 aliphatic heterocycles. The fourth-order valence-electron chi connectivity index (χ4n) is 6.39. The highest BCUT2D eigenvalue weighted by molar-refractivity contribution is 7.80. The van der Waals surface area contributed by atoms with Crippen LogP contribution < -0.4 is 10.6 Å². The van der Waals surface area contributed by atoms with E-state index in [-0.39, 0.29) is 10.8 Å². The zero-order valence-electron chi connectivity index (χ0n) is 19.8. The van der Waals surface area contributed by atoms with E-state index in [1.165, 1.54) is 43.2 Å². The van der Waals surface area contributed by atoms with Crippen LogP contribution in [-0.2, 0) is 11.8 Å². The number of aryl methyl sites for hydroxylation is 2. The molecule has 0 bridgehead atoms. The van der Waals surface area contributed by atoms with Crippen LogP contribution in [0.15, 0.2) is 42.5 Å². The van der Waals surface area contributed by atoms with Gasteiger partial charge in [-0.15, -0.1) is 0 Å². The number of rotatable bonds is 4. The van der Waals surface area contributed by atoms with Gasteiger partial charge in [0.05, 0.1) is 0 Å². The van der Waals surface area contributed by atoms with Gasteiger partial charge in [0, 0.05) is 12.2 Å². The second kappa shape index (κ2) is 8.58. The Morgan fingerprint density at radius 1 is 1.13 bits per heavy atom. The molecule has 1 saturated carbocycles. The number of anilines is 1. The summed E-state index contributed by atoms with van der Waals surface area (Å²) in [5.41, 5.74) is 7.50. The maximum Gasteiger partial charge on any atom is 0.170 e. The average Bonchev–Trinajstić information content (AvgIpc) is 2.72. The molecule has 0 unspecified atom stereocenters. The van der Waals surface area contributed by atoms with Crippen molar-refractivity contribution in [2.45, 2.75) is 78.1 Å². The molecule has 0 heterocycles. The second-order valence-electron chi connectivity index (χ2n) is 10.8. The monoisotopic (exact) mass is 434 g/mol. The topological polar surface area (TPSA) is 24.1 Å². The van der Waals surface area contributed by atoms with E-state index in [1.807, 2.05) is 0 Å². The summed E-state index contributed by atoms with van der Waals surface area (Å²) in [4.78, 5) is 0. The summed E-state index contributed by atoms with van der Waals surface area (Å²) >= 11 is 5.65. The van der Waals surface area contributed by atoms with Crippen LogP contribution in [0.2, 0.25) is 0 Å². The molecule has 4 rings (SSSR count). The van der Waals surface area contributed by atoms with Crippen molar-refractivity contribution in [3.05, 3.63) is 64.7 Å². The van der Waals surface area contributed by atoms with E-state index >= 15 is 0 Å². The molecule has 2 nitrogen and oxygen atoms in total. The average molecular weight is 435 g/mol. The van der Waals surface area contributed by atoms with Gasteiger partial charge in [-0.25, -0.2) is 0 Å². The van der Waals surface area contributed by atoms with Gasteiger partial charge in [-0.3, -0.25) is 0 Å². The molecular formula is C28H38N2S. The third-order valence-electron chi connectivity index (χ3n) is 8.10. The maximum absolute atomic E-state index is 5.65. The van der Waals surface area contributed by atoms with Gasteiger partial charge in [0.1, 0.15) is 0 Å². The SMILES string of the molecule is Cc1cccc(NC(=S)NC[C@]2(C)CCC[C@]3(C)c4ccc(C(C)C)cc4CC[C@@H]23)c1. The van der Waals surface area contributed by atoms with Crippen LogP contribution in [-0.4, -0.2) is 11.7 Å². The van der Waals surface area contributed by atoms with Crippen molar-refractivity contribution in [1.29, 1.82) is 0 Å². The molecule has 3 heteroatoms. The Bertz CT molecular complexity index is 965. The largest absolute Gasteiger partial charge is 0.362 e. The van der Waals surface area contributed by atoms with Crippen molar-refractivity contribution >= 4 is 23.0 Å². The molecule has 31 heavy (non-hydrogen) atoms. The Balaban J connectivity index is 1.50. The lowest BCUT2D eigenvalue weighted by Gasteiger charge is -2.55. The standard InChI is InChI=1S/C28H38N2S/c1-19(2)21-10-12-24-22(17-21)11-13-25-27(4,14-7-15-28(24,25)5)18-29-26(31)30-23-9-6-8-20(3)16-23/h6,8-10,12,16-17,19,25H,7,11,13-15,18H2,1-5H3,(H2,29,30,31)/t25-,27-,28+/m0/s1. The molecule has 2 aliphatic rings. The lowest BCUT2D eigenvalue weighted by atomic mass is 9.49. The Kier molecular flexibility index (Phi) is 6.18. The van der Waals surface area contributed by atoms with Gasteiger partial charge in [-0.05, 0) is 102 Å². The first-order valence-electron chi connectivity index (χ1n) is 12.0. The number of fused-ring (bicyclic) bond motifs is 3. The summed E-state index contributed by atoms with van der Waals surface area (Å²) in [5.74, 6) is 1.28. The molecule has 2 aromatic rings. The summed E-state index contributed by atoms with van der Waals surface area (Å²) in [5, 5.41) is 7.69. The minimum absolute atomic E-state index is 0.250. The van der Waals surface area contributed by atoms with Gasteiger partial charge in [0.2, 0.25) is 0 Å². The van der Waals surface area contributed by atoms with Gasteiger partial charge in [0.25, 0.3) is 0 Å². The Hall–Kier alpha value is -1.87. The van der Waals surface area contributed by atoms with E-state index < -0.39 is 0 Å². The van der Waals surface area contributed by atoms with Crippen LogP contribution in [0.25, 0.3) is 0 Å². The van der Waals surface area contributed by atoms with E-state index in [9.17, 15) is 0 Å². The number of hydrogen-bond donors (Lipinski definition) is 2. The molecule has 3 atom stereocenters. The van der Waals surface area contributed by atoms with Gasteiger partial charge >= 0.3 is 0 Å². The maximum atomic E-state index is 5.65. The van der Waals surface area contributed by atoms with Crippen LogP contribution in [0.4, 0.5) is 5.69 Å². The lowest BCUT2D eigenvalue weighted by Crippen LogP contribution is -2.53. The molecule has 0 aromatic heterocycles. The van der Waals surface area contributed by atoms with Crippen LogP contribution in [0, 0.1) is 18.3 Å². The van der Waals surface area contributed by atoms with E-state index in [0.717, 1.165) is 17.3 Å². The zero-order valence-corrected chi connectivity index (χ0v) is 20.7. The van der Waals surface area contributed by atoms with Crippen molar-refractivity contribution in [3.8, 4) is 0 Å². The summed E-state index contributed by atoms with van der Waals surface area (Å²) in [6.07, 6.45) is 6.34. The number of hydrogen-bond acceptors (Lipinski definition) is 1. The van der Waals surface area contributed by atoms with Gasteiger partial charge < -0.3 is 10.6 Å².